The zero-order valence-corrected chi connectivity index (χ0v) is 19.6. The van der Waals surface area contributed by atoms with Crippen LogP contribution >= 0.6 is 11.3 Å². The number of aromatic nitrogens is 1. The van der Waals surface area contributed by atoms with Crippen LogP contribution in [0.4, 0.5) is 4.39 Å². The fraction of sp³-hybridized carbons (Fsp3) is 0.348. The molecule has 0 bridgehead atoms. The Hall–Kier alpha value is -2.53. The summed E-state index contributed by atoms with van der Waals surface area (Å²) in [4.78, 5) is 7.09. The van der Waals surface area contributed by atoms with Crippen LogP contribution in [0.2, 0.25) is 0 Å². The molecule has 10 heteroatoms. The molecule has 0 N–H and O–H groups in total. The van der Waals surface area contributed by atoms with Gasteiger partial charge >= 0.3 is 0 Å². The highest BCUT2D eigenvalue weighted by Crippen LogP contribution is 2.33. The zero-order valence-electron chi connectivity index (χ0n) is 17.9. The predicted molar refractivity (Wildman–Crippen MR) is 124 cm³/mol. The molecule has 2 aromatic carbocycles. The normalized spacial score (nSPS) is 17.6. The summed E-state index contributed by atoms with van der Waals surface area (Å²) in [6, 6.07) is 11.1. The fourth-order valence-electron chi connectivity index (χ4n) is 3.91. The van der Waals surface area contributed by atoms with E-state index in [2.05, 4.69) is 9.88 Å². The average molecular weight is 490 g/mol. The van der Waals surface area contributed by atoms with Crippen molar-refractivity contribution in [3.05, 3.63) is 59.4 Å². The summed E-state index contributed by atoms with van der Waals surface area (Å²) in [7, 11) is -3.61. The average Bonchev–Trinajstić information content (AvgIpc) is 3.15. The van der Waals surface area contributed by atoms with Gasteiger partial charge in [0.15, 0.2) is 11.5 Å². The number of benzene rings is 2. The van der Waals surface area contributed by atoms with Crippen molar-refractivity contribution < 1.29 is 22.3 Å². The Morgan fingerprint density at radius 2 is 1.70 bits per heavy atom. The molecule has 0 radical (unpaired) electrons. The minimum Gasteiger partial charge on any atom is -0.490 e. The minimum absolute atomic E-state index is 0.226. The van der Waals surface area contributed by atoms with Crippen molar-refractivity contribution in [1.82, 2.24) is 14.2 Å². The van der Waals surface area contributed by atoms with Crippen molar-refractivity contribution in [2.75, 3.05) is 39.4 Å². The van der Waals surface area contributed by atoms with E-state index in [-0.39, 0.29) is 10.7 Å². The highest BCUT2D eigenvalue weighted by Gasteiger charge is 2.30. The lowest BCUT2D eigenvalue weighted by molar-refractivity contribution is 0.180. The van der Waals surface area contributed by atoms with Crippen molar-refractivity contribution in [1.29, 1.82) is 0 Å². The number of ether oxygens (including phenoxy) is 2. The van der Waals surface area contributed by atoms with E-state index in [1.807, 2.05) is 5.38 Å². The molecule has 0 unspecified atom stereocenters. The summed E-state index contributed by atoms with van der Waals surface area (Å²) in [6.45, 7) is 3.77. The number of halogens is 1. The third-order valence-corrected chi connectivity index (χ3v) is 8.55. The van der Waals surface area contributed by atoms with Gasteiger partial charge < -0.3 is 9.47 Å². The number of hydrogen-bond donors (Lipinski definition) is 0. The minimum atomic E-state index is -3.61. The SMILES string of the molecule is O=S(=O)(c1ccc2c(c1)OCCCO2)N1CCN(Cc2csc(-c3ccc(F)cc3)n2)CC1. The van der Waals surface area contributed by atoms with Crippen LogP contribution in [0.15, 0.2) is 52.7 Å². The number of sulfonamides is 1. The quantitative estimate of drug-likeness (QED) is 0.545. The molecule has 1 fully saturated rings. The van der Waals surface area contributed by atoms with Crippen LogP contribution in [0.5, 0.6) is 11.5 Å². The van der Waals surface area contributed by atoms with Gasteiger partial charge in [0.1, 0.15) is 10.8 Å². The Labute approximate surface area is 196 Å². The van der Waals surface area contributed by atoms with E-state index in [0.29, 0.717) is 57.4 Å². The van der Waals surface area contributed by atoms with Crippen molar-refractivity contribution in [3.63, 3.8) is 0 Å². The Balaban J connectivity index is 1.21. The van der Waals surface area contributed by atoms with Gasteiger partial charge in [-0.05, 0) is 36.4 Å². The summed E-state index contributed by atoms with van der Waals surface area (Å²) in [6.07, 6.45) is 0.767. The van der Waals surface area contributed by atoms with E-state index < -0.39 is 10.0 Å². The molecule has 174 valence electrons. The first-order chi connectivity index (χ1) is 16.0. The number of piperazine rings is 1. The van der Waals surface area contributed by atoms with Gasteiger partial charge in [0.2, 0.25) is 10.0 Å². The maximum absolute atomic E-state index is 13.2. The Kier molecular flexibility index (Phi) is 6.33. The number of nitrogens with zero attached hydrogens (tertiary/aromatic N) is 3. The summed E-state index contributed by atoms with van der Waals surface area (Å²) >= 11 is 1.52. The molecule has 0 saturated carbocycles. The van der Waals surface area contributed by atoms with E-state index in [9.17, 15) is 12.8 Å². The molecule has 0 aliphatic carbocycles. The molecular formula is C23H24FN3O4S2. The van der Waals surface area contributed by atoms with Crippen LogP contribution in [0, 0.1) is 5.82 Å². The molecule has 0 atom stereocenters. The molecular weight excluding hydrogens is 465 g/mol. The van der Waals surface area contributed by atoms with E-state index in [4.69, 9.17) is 9.47 Å². The lowest BCUT2D eigenvalue weighted by Gasteiger charge is -2.33. The van der Waals surface area contributed by atoms with Gasteiger partial charge in [-0.2, -0.15) is 4.31 Å². The van der Waals surface area contributed by atoms with Gasteiger partial charge in [0.25, 0.3) is 0 Å². The van der Waals surface area contributed by atoms with Gasteiger partial charge in [-0.15, -0.1) is 11.3 Å². The van der Waals surface area contributed by atoms with Gasteiger partial charge in [0.05, 0.1) is 23.8 Å². The molecule has 2 aliphatic heterocycles. The maximum Gasteiger partial charge on any atom is 0.243 e. The number of rotatable bonds is 5. The third-order valence-electron chi connectivity index (χ3n) is 5.72. The van der Waals surface area contributed by atoms with Crippen LogP contribution in [-0.2, 0) is 16.6 Å². The number of thiazole rings is 1. The fourth-order valence-corrected chi connectivity index (χ4v) is 6.17. The van der Waals surface area contributed by atoms with E-state index in [0.717, 1.165) is 22.7 Å². The highest BCUT2D eigenvalue weighted by atomic mass is 32.2. The molecule has 0 spiro atoms. The summed E-state index contributed by atoms with van der Waals surface area (Å²) < 4.78 is 52.3. The van der Waals surface area contributed by atoms with Crippen LogP contribution in [0.25, 0.3) is 10.6 Å². The maximum atomic E-state index is 13.2. The van der Waals surface area contributed by atoms with E-state index >= 15 is 0 Å². The molecule has 3 aromatic rings. The molecule has 2 aliphatic rings. The molecule has 5 rings (SSSR count). The van der Waals surface area contributed by atoms with Crippen LogP contribution in [0.3, 0.4) is 0 Å². The Bertz CT molecular complexity index is 1220. The topological polar surface area (TPSA) is 72.0 Å². The predicted octanol–water partition coefficient (Wildman–Crippen LogP) is 3.62. The van der Waals surface area contributed by atoms with Crippen molar-refractivity contribution in [2.24, 2.45) is 0 Å². The monoisotopic (exact) mass is 489 g/mol. The second-order valence-corrected chi connectivity index (χ2v) is 10.8. The first-order valence-electron chi connectivity index (χ1n) is 10.8. The molecule has 1 aromatic heterocycles. The lowest BCUT2D eigenvalue weighted by Crippen LogP contribution is -2.48. The van der Waals surface area contributed by atoms with Crippen molar-refractivity contribution in [3.8, 4) is 22.1 Å². The molecule has 7 nitrogen and oxygen atoms in total. The Morgan fingerprint density at radius 1 is 0.970 bits per heavy atom. The van der Waals surface area contributed by atoms with Crippen molar-refractivity contribution in [2.45, 2.75) is 17.9 Å². The van der Waals surface area contributed by atoms with E-state index in [1.165, 1.54) is 27.8 Å². The lowest BCUT2D eigenvalue weighted by atomic mass is 10.2. The molecule has 0 amide bonds. The highest BCUT2D eigenvalue weighted by molar-refractivity contribution is 7.89. The van der Waals surface area contributed by atoms with Crippen LogP contribution in [-0.4, -0.2) is 62.0 Å². The van der Waals surface area contributed by atoms with E-state index in [1.54, 1.807) is 30.3 Å². The van der Waals surface area contributed by atoms with Gasteiger partial charge in [-0.1, -0.05) is 0 Å². The summed E-state index contributed by atoms with van der Waals surface area (Å²) in [5.41, 5.74) is 1.82. The van der Waals surface area contributed by atoms with Gasteiger partial charge in [0, 0.05) is 56.2 Å². The second kappa shape index (κ2) is 9.38. The largest absolute Gasteiger partial charge is 0.490 e. The third kappa shape index (κ3) is 4.89. The van der Waals surface area contributed by atoms with Crippen LogP contribution in [0.1, 0.15) is 12.1 Å². The molecule has 33 heavy (non-hydrogen) atoms. The zero-order chi connectivity index (χ0) is 22.8. The smallest absolute Gasteiger partial charge is 0.243 e. The number of fused-ring (bicyclic) bond motifs is 1. The molecule has 1 saturated heterocycles. The van der Waals surface area contributed by atoms with Gasteiger partial charge in [-0.3, -0.25) is 4.90 Å². The standard InChI is InChI=1S/C23H24FN3O4S2/c24-18-4-2-17(3-5-18)23-25-19(16-32-23)15-26-8-10-27(11-9-26)33(28,29)20-6-7-21-22(14-20)31-13-1-12-30-21/h2-7,14,16H,1,8-13,15H2. The Morgan fingerprint density at radius 3 is 2.45 bits per heavy atom. The first-order valence-corrected chi connectivity index (χ1v) is 13.1. The van der Waals surface area contributed by atoms with Crippen LogP contribution < -0.4 is 9.47 Å². The first kappa shape index (κ1) is 22.3. The molecule has 3 heterocycles. The number of hydrogen-bond acceptors (Lipinski definition) is 7. The second-order valence-electron chi connectivity index (χ2n) is 7.99. The van der Waals surface area contributed by atoms with Gasteiger partial charge in [-0.25, -0.2) is 17.8 Å². The summed E-state index contributed by atoms with van der Waals surface area (Å²) in [5, 5.41) is 2.85. The summed E-state index contributed by atoms with van der Waals surface area (Å²) in [5.74, 6) is 0.794. The van der Waals surface area contributed by atoms with Crippen molar-refractivity contribution >= 4 is 21.4 Å².